The standard InChI is InChI=1S/C21H19NO6S2/c1-2-3-10-27-20(26)14-6-4-13(5-7-14)16-9-8-15(28-16)11-17-19(25)22(12-18(23)24)21(29)30-17/h4-9,11H,2-3,10,12H2,1H3,(H,23,24)/b17-11-. The van der Waals surface area contributed by atoms with Gasteiger partial charge in [-0.15, -0.1) is 0 Å². The minimum atomic E-state index is -1.13. The largest absolute Gasteiger partial charge is 0.480 e. The lowest BCUT2D eigenvalue weighted by atomic mass is 10.1. The van der Waals surface area contributed by atoms with Gasteiger partial charge in [0.2, 0.25) is 0 Å². The molecular formula is C21H19NO6S2. The molecule has 1 aromatic heterocycles. The zero-order valence-corrected chi connectivity index (χ0v) is 17.8. The summed E-state index contributed by atoms with van der Waals surface area (Å²) in [7, 11) is 0. The third-order valence-electron chi connectivity index (χ3n) is 4.20. The smallest absolute Gasteiger partial charge is 0.338 e. The van der Waals surface area contributed by atoms with Crippen molar-refractivity contribution in [2.45, 2.75) is 19.8 Å². The lowest BCUT2D eigenvalue weighted by Crippen LogP contribution is -2.33. The number of aliphatic carboxylic acids is 1. The zero-order valence-electron chi connectivity index (χ0n) is 16.1. The van der Waals surface area contributed by atoms with E-state index < -0.39 is 18.4 Å². The molecule has 1 N–H and O–H groups in total. The number of esters is 1. The predicted octanol–water partition coefficient (Wildman–Crippen LogP) is 4.19. The fourth-order valence-corrected chi connectivity index (χ4v) is 3.88. The summed E-state index contributed by atoms with van der Waals surface area (Å²) in [4.78, 5) is 36.5. The van der Waals surface area contributed by atoms with Crippen LogP contribution in [0, 0.1) is 0 Å². The molecule has 0 saturated carbocycles. The number of hydrogen-bond donors (Lipinski definition) is 1. The normalized spacial score (nSPS) is 15.1. The van der Waals surface area contributed by atoms with Crippen LogP contribution in [0.5, 0.6) is 0 Å². The van der Waals surface area contributed by atoms with Crippen LogP contribution in [0.25, 0.3) is 17.4 Å². The highest BCUT2D eigenvalue weighted by atomic mass is 32.2. The SMILES string of the molecule is CCCCOC(=O)c1ccc(-c2ccc(/C=C3\SC(=S)N(CC(=O)O)C3=O)o2)cc1. The first-order valence-corrected chi connectivity index (χ1v) is 10.5. The first kappa shape index (κ1) is 21.8. The lowest BCUT2D eigenvalue weighted by molar-refractivity contribution is -0.140. The molecule has 3 rings (SSSR count). The van der Waals surface area contributed by atoms with Crippen LogP contribution in [0.3, 0.4) is 0 Å². The molecule has 7 nitrogen and oxygen atoms in total. The van der Waals surface area contributed by atoms with E-state index in [4.69, 9.17) is 26.5 Å². The Hall–Kier alpha value is -2.91. The van der Waals surface area contributed by atoms with Crippen LogP contribution >= 0.6 is 24.0 Å². The molecule has 0 aliphatic carbocycles. The van der Waals surface area contributed by atoms with Gasteiger partial charge in [0, 0.05) is 11.6 Å². The van der Waals surface area contributed by atoms with E-state index in [1.807, 2.05) is 6.92 Å². The van der Waals surface area contributed by atoms with E-state index in [-0.39, 0.29) is 10.3 Å². The van der Waals surface area contributed by atoms with Crippen LogP contribution in [-0.2, 0) is 14.3 Å². The third-order valence-corrected chi connectivity index (χ3v) is 5.58. The number of rotatable bonds is 8. The van der Waals surface area contributed by atoms with Gasteiger partial charge in [-0.05, 0) is 30.7 Å². The van der Waals surface area contributed by atoms with Crippen molar-refractivity contribution in [3.63, 3.8) is 0 Å². The van der Waals surface area contributed by atoms with Crippen molar-refractivity contribution in [2.75, 3.05) is 13.2 Å². The molecule has 1 amide bonds. The molecule has 1 fully saturated rings. The molecule has 30 heavy (non-hydrogen) atoms. The van der Waals surface area contributed by atoms with Gasteiger partial charge in [0.15, 0.2) is 0 Å². The Morgan fingerprint density at radius 2 is 1.97 bits per heavy atom. The Bertz CT molecular complexity index is 1010. The highest BCUT2D eigenvalue weighted by Crippen LogP contribution is 2.33. The number of thioether (sulfide) groups is 1. The van der Waals surface area contributed by atoms with Crippen LogP contribution in [0.1, 0.15) is 35.9 Å². The molecule has 1 aliphatic rings. The van der Waals surface area contributed by atoms with Gasteiger partial charge in [-0.1, -0.05) is 49.5 Å². The number of carboxylic acids is 1. The molecule has 1 aromatic carbocycles. The van der Waals surface area contributed by atoms with E-state index in [1.54, 1.807) is 36.4 Å². The van der Waals surface area contributed by atoms with E-state index in [9.17, 15) is 14.4 Å². The van der Waals surface area contributed by atoms with Gasteiger partial charge >= 0.3 is 11.9 Å². The van der Waals surface area contributed by atoms with E-state index in [2.05, 4.69) is 0 Å². The average Bonchev–Trinajstić information content (AvgIpc) is 3.28. The summed E-state index contributed by atoms with van der Waals surface area (Å²) >= 11 is 6.10. The maximum Gasteiger partial charge on any atom is 0.338 e. The second-order valence-corrected chi connectivity index (χ2v) is 8.11. The predicted molar refractivity (Wildman–Crippen MR) is 117 cm³/mol. The quantitative estimate of drug-likeness (QED) is 0.280. The van der Waals surface area contributed by atoms with Crippen LogP contribution < -0.4 is 0 Å². The summed E-state index contributed by atoms with van der Waals surface area (Å²) in [5.74, 6) is -0.961. The van der Waals surface area contributed by atoms with Crippen LogP contribution in [0.2, 0.25) is 0 Å². The van der Waals surface area contributed by atoms with E-state index in [0.717, 1.165) is 35.1 Å². The summed E-state index contributed by atoms with van der Waals surface area (Å²) in [5, 5.41) is 8.89. The Morgan fingerprint density at radius 1 is 1.23 bits per heavy atom. The highest BCUT2D eigenvalue weighted by molar-refractivity contribution is 8.26. The first-order valence-electron chi connectivity index (χ1n) is 9.23. The molecule has 0 radical (unpaired) electrons. The van der Waals surface area contributed by atoms with Crippen molar-refractivity contribution in [3.8, 4) is 11.3 Å². The summed E-state index contributed by atoms with van der Waals surface area (Å²) in [6.07, 6.45) is 3.31. The number of hydrogen-bond acceptors (Lipinski definition) is 7. The Kier molecular flexibility index (Phi) is 7.07. The summed E-state index contributed by atoms with van der Waals surface area (Å²) in [6.45, 7) is 1.95. The average molecular weight is 446 g/mol. The summed E-state index contributed by atoms with van der Waals surface area (Å²) < 4.78 is 11.2. The molecule has 0 spiro atoms. The van der Waals surface area contributed by atoms with Crippen molar-refractivity contribution in [3.05, 3.63) is 52.6 Å². The lowest BCUT2D eigenvalue weighted by Gasteiger charge is -2.09. The molecule has 9 heteroatoms. The molecule has 0 unspecified atom stereocenters. The highest BCUT2D eigenvalue weighted by Gasteiger charge is 2.33. The molecule has 1 aliphatic heterocycles. The molecular weight excluding hydrogens is 426 g/mol. The first-order chi connectivity index (χ1) is 14.4. The number of ether oxygens (including phenoxy) is 1. The van der Waals surface area contributed by atoms with Crippen molar-refractivity contribution in [1.29, 1.82) is 0 Å². The van der Waals surface area contributed by atoms with E-state index >= 15 is 0 Å². The minimum Gasteiger partial charge on any atom is -0.480 e. The molecule has 0 atom stereocenters. The van der Waals surface area contributed by atoms with Gasteiger partial charge in [0.1, 0.15) is 22.4 Å². The number of amides is 1. The van der Waals surface area contributed by atoms with Gasteiger partial charge in [0.25, 0.3) is 5.91 Å². The summed E-state index contributed by atoms with van der Waals surface area (Å²) in [6, 6.07) is 10.3. The van der Waals surface area contributed by atoms with Gasteiger partial charge < -0.3 is 14.3 Å². The Morgan fingerprint density at radius 3 is 2.63 bits per heavy atom. The van der Waals surface area contributed by atoms with E-state index in [0.29, 0.717) is 28.6 Å². The number of carbonyl (C=O) groups excluding carboxylic acids is 2. The summed E-state index contributed by atoms with van der Waals surface area (Å²) in [5.41, 5.74) is 1.22. The molecule has 156 valence electrons. The Labute approximate surface area is 182 Å². The fourth-order valence-electron chi connectivity index (χ4n) is 2.65. The van der Waals surface area contributed by atoms with E-state index in [1.165, 1.54) is 6.08 Å². The van der Waals surface area contributed by atoms with Crippen molar-refractivity contribution in [1.82, 2.24) is 4.90 Å². The number of carboxylic acid groups (broad SMARTS) is 1. The number of nitrogens with zero attached hydrogens (tertiary/aromatic N) is 1. The molecule has 0 bridgehead atoms. The van der Waals surface area contributed by atoms with Gasteiger partial charge in [-0.25, -0.2) is 4.79 Å². The van der Waals surface area contributed by atoms with Gasteiger partial charge in [0.05, 0.1) is 17.1 Å². The van der Waals surface area contributed by atoms with Crippen molar-refractivity contribution >= 4 is 52.2 Å². The molecule has 2 aromatic rings. The third kappa shape index (κ3) is 5.17. The van der Waals surface area contributed by atoms with Crippen LogP contribution in [0.15, 0.2) is 45.7 Å². The zero-order chi connectivity index (χ0) is 21.7. The fraction of sp³-hybridized carbons (Fsp3) is 0.238. The number of unbranched alkanes of at least 4 members (excludes halogenated alkanes) is 1. The topological polar surface area (TPSA) is 97.0 Å². The maximum absolute atomic E-state index is 12.3. The molecule has 1 saturated heterocycles. The number of benzene rings is 1. The second kappa shape index (κ2) is 9.73. The second-order valence-electron chi connectivity index (χ2n) is 6.43. The number of thiocarbonyl (C=S) groups is 1. The monoisotopic (exact) mass is 445 g/mol. The number of furan rings is 1. The van der Waals surface area contributed by atoms with Gasteiger partial charge in [-0.2, -0.15) is 0 Å². The van der Waals surface area contributed by atoms with Crippen LogP contribution in [0.4, 0.5) is 0 Å². The van der Waals surface area contributed by atoms with Gasteiger partial charge in [-0.3, -0.25) is 14.5 Å². The van der Waals surface area contributed by atoms with Crippen LogP contribution in [-0.4, -0.2) is 45.3 Å². The number of carbonyl (C=O) groups is 3. The Balaban J connectivity index is 1.70. The maximum atomic E-state index is 12.3. The minimum absolute atomic E-state index is 0.196. The van der Waals surface area contributed by atoms with Crippen molar-refractivity contribution in [2.24, 2.45) is 0 Å². The van der Waals surface area contributed by atoms with Crippen molar-refractivity contribution < 1.29 is 28.6 Å². The molecule has 2 heterocycles.